The molecule has 1 aliphatic heterocycles. The second-order valence-electron chi connectivity index (χ2n) is 8.81. The molecule has 1 aliphatic rings. The number of carbonyl (C=O) groups is 3. The van der Waals surface area contributed by atoms with E-state index in [4.69, 9.17) is 16.3 Å². The summed E-state index contributed by atoms with van der Waals surface area (Å²) < 4.78 is 5.11. The van der Waals surface area contributed by atoms with Crippen LogP contribution >= 0.6 is 11.6 Å². The Hall–Kier alpha value is -3.91. The van der Waals surface area contributed by atoms with Crippen LogP contribution in [0, 0.1) is 5.92 Å². The third-order valence-electron chi connectivity index (χ3n) is 6.44. The highest BCUT2D eigenvalue weighted by molar-refractivity contribution is 6.32. The molecule has 0 spiro atoms. The van der Waals surface area contributed by atoms with Crippen LogP contribution in [-0.2, 0) is 20.7 Å². The Morgan fingerprint density at radius 2 is 1.84 bits per heavy atom. The van der Waals surface area contributed by atoms with Crippen molar-refractivity contribution in [3.63, 3.8) is 0 Å². The molecule has 8 nitrogen and oxygen atoms in total. The first kappa shape index (κ1) is 26.2. The fourth-order valence-corrected chi connectivity index (χ4v) is 4.60. The molecule has 0 aliphatic carbocycles. The lowest BCUT2D eigenvalue weighted by molar-refractivity contribution is -0.151. The van der Waals surface area contributed by atoms with Crippen molar-refractivity contribution in [1.82, 2.24) is 10.3 Å². The van der Waals surface area contributed by atoms with Crippen molar-refractivity contribution in [3.05, 3.63) is 76.3 Å². The first-order valence-electron chi connectivity index (χ1n) is 12.1. The number of aromatic hydroxyl groups is 1. The van der Waals surface area contributed by atoms with E-state index in [1.54, 1.807) is 13.1 Å². The van der Waals surface area contributed by atoms with Crippen molar-refractivity contribution in [1.29, 1.82) is 0 Å². The number of hydrazone groups is 1. The topological polar surface area (TPSA) is 108 Å². The molecule has 9 heteroatoms. The number of hydrogen-bond donors (Lipinski definition) is 2. The van der Waals surface area contributed by atoms with E-state index in [-0.39, 0.29) is 40.6 Å². The zero-order valence-electron chi connectivity index (χ0n) is 20.4. The Morgan fingerprint density at radius 3 is 2.54 bits per heavy atom. The van der Waals surface area contributed by atoms with Crippen molar-refractivity contribution < 1.29 is 24.2 Å². The van der Waals surface area contributed by atoms with Gasteiger partial charge in [-0.1, -0.05) is 48.0 Å². The minimum Gasteiger partial charge on any atom is -0.506 e. The van der Waals surface area contributed by atoms with Gasteiger partial charge in [0.15, 0.2) is 0 Å². The number of fused-ring (bicyclic) bond motifs is 1. The predicted octanol–water partition coefficient (Wildman–Crippen LogP) is 4.31. The lowest BCUT2D eigenvalue weighted by atomic mass is 9.95. The van der Waals surface area contributed by atoms with Crippen molar-refractivity contribution in [2.75, 3.05) is 19.7 Å². The number of nitrogens with one attached hydrogen (secondary N) is 1. The summed E-state index contributed by atoms with van der Waals surface area (Å²) in [5.41, 5.74) is 4.41. The molecule has 3 aromatic carbocycles. The van der Waals surface area contributed by atoms with E-state index >= 15 is 0 Å². The van der Waals surface area contributed by atoms with Crippen LogP contribution in [0.5, 0.6) is 5.75 Å². The third-order valence-corrected chi connectivity index (χ3v) is 6.74. The number of benzene rings is 3. The van der Waals surface area contributed by atoms with Gasteiger partial charge in [-0.2, -0.15) is 5.10 Å². The maximum absolute atomic E-state index is 13.0. The second-order valence-corrected chi connectivity index (χ2v) is 9.22. The summed E-state index contributed by atoms with van der Waals surface area (Å²) in [4.78, 5) is 39.2. The standard InChI is InChI=1S/C28H28ClN3O5/c1-2-37-28(36)18-11-13-32(14-12-18)26(34)16-19-7-8-21(23-6-4-3-5-22(19)23)17-30-31-27(35)20-9-10-25(33)24(29)15-20/h3-10,15,17-18,33H,2,11-14,16H2,1H3,(H,31,35). The molecule has 4 rings (SSSR count). The van der Waals surface area contributed by atoms with Gasteiger partial charge in [-0.05, 0) is 54.3 Å². The Balaban J connectivity index is 1.43. The maximum atomic E-state index is 13.0. The molecule has 37 heavy (non-hydrogen) atoms. The highest BCUT2D eigenvalue weighted by atomic mass is 35.5. The molecule has 3 aromatic rings. The highest BCUT2D eigenvalue weighted by Gasteiger charge is 2.28. The first-order chi connectivity index (χ1) is 17.9. The van der Waals surface area contributed by atoms with Crippen LogP contribution in [0.25, 0.3) is 10.8 Å². The van der Waals surface area contributed by atoms with Gasteiger partial charge in [-0.3, -0.25) is 14.4 Å². The summed E-state index contributed by atoms with van der Waals surface area (Å²) in [5.74, 6) is -0.867. The summed E-state index contributed by atoms with van der Waals surface area (Å²) in [6, 6.07) is 15.6. The monoisotopic (exact) mass is 521 g/mol. The number of likely N-dealkylation sites (tertiary alicyclic amines) is 1. The molecule has 1 heterocycles. The summed E-state index contributed by atoms with van der Waals surface area (Å²) >= 11 is 5.87. The molecule has 0 atom stereocenters. The van der Waals surface area contributed by atoms with Crippen LogP contribution < -0.4 is 5.43 Å². The number of rotatable bonds is 7. The van der Waals surface area contributed by atoms with Gasteiger partial charge in [0, 0.05) is 24.2 Å². The van der Waals surface area contributed by atoms with Gasteiger partial charge in [-0.25, -0.2) is 5.43 Å². The molecule has 1 fully saturated rings. The predicted molar refractivity (Wildman–Crippen MR) is 142 cm³/mol. The van der Waals surface area contributed by atoms with E-state index in [9.17, 15) is 19.5 Å². The van der Waals surface area contributed by atoms with Gasteiger partial charge in [0.2, 0.25) is 5.91 Å². The number of piperidine rings is 1. The molecule has 0 saturated carbocycles. The number of phenols is 1. The Bertz CT molecular complexity index is 1350. The van der Waals surface area contributed by atoms with Gasteiger partial charge in [0.25, 0.3) is 5.91 Å². The number of nitrogens with zero attached hydrogens (tertiary/aromatic N) is 2. The molecule has 2 N–H and O–H groups in total. The molecule has 0 unspecified atom stereocenters. The minimum atomic E-state index is -0.462. The van der Waals surface area contributed by atoms with Crippen LogP contribution in [0.4, 0.5) is 0 Å². The number of phenolic OH excluding ortho intramolecular Hbond substituents is 1. The average Bonchev–Trinajstić information content (AvgIpc) is 2.91. The van der Waals surface area contributed by atoms with E-state index in [0.29, 0.717) is 32.5 Å². The first-order valence-corrected chi connectivity index (χ1v) is 12.5. The Kier molecular flexibility index (Phi) is 8.40. The van der Waals surface area contributed by atoms with Crippen molar-refractivity contribution in [2.45, 2.75) is 26.2 Å². The summed E-state index contributed by atoms with van der Waals surface area (Å²) in [5, 5.41) is 15.5. The fraction of sp³-hybridized carbons (Fsp3) is 0.286. The number of amides is 2. The van der Waals surface area contributed by atoms with E-state index in [2.05, 4.69) is 10.5 Å². The zero-order valence-corrected chi connectivity index (χ0v) is 21.2. The largest absolute Gasteiger partial charge is 0.506 e. The Morgan fingerprint density at radius 1 is 1.11 bits per heavy atom. The van der Waals surface area contributed by atoms with Gasteiger partial charge in [0.05, 0.1) is 30.2 Å². The Labute approximate surface area is 219 Å². The van der Waals surface area contributed by atoms with Gasteiger partial charge in [0.1, 0.15) is 5.75 Å². The zero-order chi connectivity index (χ0) is 26.4. The smallest absolute Gasteiger partial charge is 0.309 e. The quantitative estimate of drug-likeness (QED) is 0.274. The van der Waals surface area contributed by atoms with Gasteiger partial charge >= 0.3 is 5.97 Å². The summed E-state index contributed by atoms with van der Waals surface area (Å²) in [6.07, 6.45) is 3.03. The number of halogens is 1. The lowest BCUT2D eigenvalue weighted by Crippen LogP contribution is -2.41. The number of carbonyl (C=O) groups excluding carboxylic acids is 3. The maximum Gasteiger partial charge on any atom is 0.309 e. The normalized spacial score (nSPS) is 14.2. The summed E-state index contributed by atoms with van der Waals surface area (Å²) in [6.45, 7) is 3.24. The van der Waals surface area contributed by atoms with E-state index in [1.165, 1.54) is 18.2 Å². The third kappa shape index (κ3) is 6.27. The van der Waals surface area contributed by atoms with Crippen molar-refractivity contribution in [2.24, 2.45) is 11.0 Å². The number of hydrogen-bond acceptors (Lipinski definition) is 6. The van der Waals surface area contributed by atoms with Crippen molar-refractivity contribution in [3.8, 4) is 5.75 Å². The highest BCUT2D eigenvalue weighted by Crippen LogP contribution is 2.25. The molecule has 0 radical (unpaired) electrons. The average molecular weight is 522 g/mol. The van der Waals surface area contributed by atoms with Crippen molar-refractivity contribution >= 4 is 46.4 Å². The molecule has 2 amide bonds. The van der Waals surface area contributed by atoms with Gasteiger partial charge in [-0.15, -0.1) is 0 Å². The number of ether oxygens (including phenoxy) is 1. The molecule has 192 valence electrons. The molecular formula is C28H28ClN3O5. The van der Waals surface area contributed by atoms with Crippen LogP contribution in [0.15, 0.2) is 59.7 Å². The van der Waals surface area contributed by atoms with Crippen LogP contribution in [0.1, 0.15) is 41.3 Å². The van der Waals surface area contributed by atoms with Crippen LogP contribution in [0.2, 0.25) is 5.02 Å². The van der Waals surface area contributed by atoms with E-state index < -0.39 is 5.91 Å². The second kappa shape index (κ2) is 11.9. The molecule has 1 saturated heterocycles. The SMILES string of the molecule is CCOC(=O)C1CCN(C(=O)Cc2ccc(C=NNC(=O)c3ccc(O)c(Cl)c3)c3ccccc23)CC1. The van der Waals surface area contributed by atoms with Gasteiger partial charge < -0.3 is 14.7 Å². The van der Waals surface area contributed by atoms with Crippen LogP contribution in [0.3, 0.4) is 0 Å². The van der Waals surface area contributed by atoms with E-state index in [0.717, 1.165) is 21.9 Å². The number of esters is 1. The van der Waals surface area contributed by atoms with Crippen LogP contribution in [-0.4, -0.2) is 53.7 Å². The molecule has 0 aromatic heterocycles. The van der Waals surface area contributed by atoms with E-state index in [1.807, 2.05) is 41.3 Å². The minimum absolute atomic E-state index is 0.0219. The molecular weight excluding hydrogens is 494 g/mol. The lowest BCUT2D eigenvalue weighted by Gasteiger charge is -2.31. The molecule has 0 bridgehead atoms. The summed E-state index contributed by atoms with van der Waals surface area (Å²) in [7, 11) is 0. The fourth-order valence-electron chi connectivity index (χ4n) is 4.42.